The molecule has 152 valence electrons. The Morgan fingerprint density at radius 3 is 2.61 bits per heavy atom. The summed E-state index contributed by atoms with van der Waals surface area (Å²) in [6, 6.07) is 6.91. The number of aromatic carboxylic acids is 1. The van der Waals surface area contributed by atoms with Crippen molar-refractivity contribution < 1.29 is 9.90 Å². The molecule has 0 spiro atoms. The van der Waals surface area contributed by atoms with Gasteiger partial charge in [-0.05, 0) is 44.4 Å². The number of carbonyl (C=O) groups is 1. The summed E-state index contributed by atoms with van der Waals surface area (Å²) in [5.41, 5.74) is 3.14. The molecule has 2 atom stereocenters. The molecule has 0 aliphatic heterocycles. The highest BCUT2D eigenvalue weighted by Crippen LogP contribution is 2.34. The van der Waals surface area contributed by atoms with E-state index in [0.29, 0.717) is 0 Å². The molecule has 0 heterocycles. The largest absolute Gasteiger partial charge is 0.478 e. The zero-order chi connectivity index (χ0) is 21.3. The zero-order valence-corrected chi connectivity index (χ0v) is 18.4. The Morgan fingerprint density at radius 2 is 2.11 bits per heavy atom. The quantitative estimate of drug-likeness (QED) is 0.297. The van der Waals surface area contributed by atoms with Gasteiger partial charge in [0.1, 0.15) is 0 Å². The molecule has 5 heteroatoms. The molecule has 0 saturated heterocycles. The Bertz CT molecular complexity index is 768. The number of allylic oxidation sites excluding steroid dienone is 3. The van der Waals surface area contributed by atoms with E-state index in [1.807, 2.05) is 24.0 Å². The number of hydrogen-bond acceptors (Lipinski definition) is 3. The summed E-state index contributed by atoms with van der Waals surface area (Å²) in [6.45, 7) is 16.6. The fraction of sp³-hybridized carbons (Fsp3) is 0.391. The van der Waals surface area contributed by atoms with Crippen LogP contribution in [0.5, 0.6) is 0 Å². The summed E-state index contributed by atoms with van der Waals surface area (Å²) < 4.78 is 0. The van der Waals surface area contributed by atoms with Gasteiger partial charge < -0.3 is 5.11 Å². The van der Waals surface area contributed by atoms with E-state index < -0.39 is 5.97 Å². The molecular formula is C23H32N2O2S. The van der Waals surface area contributed by atoms with Gasteiger partial charge >= 0.3 is 5.97 Å². The Kier molecular flexibility index (Phi) is 9.80. The number of benzene rings is 1. The second-order valence-electron chi connectivity index (χ2n) is 6.68. The monoisotopic (exact) mass is 400 g/mol. The van der Waals surface area contributed by atoms with Crippen molar-refractivity contribution in [3.63, 3.8) is 0 Å². The summed E-state index contributed by atoms with van der Waals surface area (Å²) in [5, 5.41) is 10.4. The van der Waals surface area contributed by atoms with E-state index in [2.05, 4.69) is 45.0 Å². The third-order valence-corrected chi connectivity index (χ3v) is 6.21. The molecule has 1 rings (SSSR count). The SMILES string of the molecule is C=CC(C)C(SC(=NC)N(C(=C)CCC)c1cccc(C(=O)O)c1)/C(C)=C/C. The van der Waals surface area contributed by atoms with Gasteiger partial charge in [0, 0.05) is 23.7 Å². The van der Waals surface area contributed by atoms with Crippen LogP contribution in [-0.4, -0.2) is 28.5 Å². The summed E-state index contributed by atoms with van der Waals surface area (Å²) in [7, 11) is 1.76. The van der Waals surface area contributed by atoms with Crippen LogP contribution >= 0.6 is 11.8 Å². The van der Waals surface area contributed by atoms with Crippen molar-refractivity contribution in [2.45, 2.75) is 45.8 Å². The van der Waals surface area contributed by atoms with Crippen molar-refractivity contribution in [1.29, 1.82) is 0 Å². The number of anilines is 1. The number of nitrogens with zero attached hydrogens (tertiary/aromatic N) is 2. The van der Waals surface area contributed by atoms with E-state index in [4.69, 9.17) is 0 Å². The molecule has 0 aliphatic rings. The van der Waals surface area contributed by atoms with Gasteiger partial charge in [0.25, 0.3) is 0 Å². The molecule has 0 aliphatic carbocycles. The zero-order valence-electron chi connectivity index (χ0n) is 17.6. The molecule has 0 aromatic heterocycles. The number of carboxylic acid groups (broad SMARTS) is 1. The summed E-state index contributed by atoms with van der Waals surface area (Å²) in [6.07, 6.45) is 5.80. The van der Waals surface area contributed by atoms with Crippen molar-refractivity contribution in [3.8, 4) is 0 Å². The molecular weight excluding hydrogens is 368 g/mol. The van der Waals surface area contributed by atoms with Gasteiger partial charge in [0.15, 0.2) is 5.17 Å². The maximum atomic E-state index is 11.4. The first-order chi connectivity index (χ1) is 13.3. The summed E-state index contributed by atoms with van der Waals surface area (Å²) in [4.78, 5) is 18.0. The molecule has 1 N–H and O–H groups in total. The predicted octanol–water partition coefficient (Wildman–Crippen LogP) is 6.38. The molecule has 0 amide bonds. The van der Waals surface area contributed by atoms with Gasteiger partial charge in [-0.15, -0.1) is 6.58 Å². The molecule has 4 nitrogen and oxygen atoms in total. The molecule has 1 aromatic carbocycles. The van der Waals surface area contributed by atoms with Crippen LogP contribution in [0.4, 0.5) is 5.69 Å². The lowest BCUT2D eigenvalue weighted by Crippen LogP contribution is -2.31. The Balaban J connectivity index is 3.42. The normalized spacial score (nSPS) is 14.3. The average Bonchev–Trinajstić information content (AvgIpc) is 2.70. The maximum absolute atomic E-state index is 11.4. The first-order valence-electron chi connectivity index (χ1n) is 9.50. The second-order valence-corrected chi connectivity index (χ2v) is 7.79. The lowest BCUT2D eigenvalue weighted by molar-refractivity contribution is 0.0697. The summed E-state index contributed by atoms with van der Waals surface area (Å²) in [5.74, 6) is -0.696. The Labute approximate surface area is 173 Å². The minimum Gasteiger partial charge on any atom is -0.478 e. The van der Waals surface area contributed by atoms with Crippen molar-refractivity contribution in [2.75, 3.05) is 11.9 Å². The predicted molar refractivity (Wildman–Crippen MR) is 123 cm³/mol. The van der Waals surface area contributed by atoms with E-state index in [9.17, 15) is 9.90 Å². The highest BCUT2D eigenvalue weighted by molar-refractivity contribution is 8.14. The fourth-order valence-electron chi connectivity index (χ4n) is 2.83. The van der Waals surface area contributed by atoms with Gasteiger partial charge in [0.05, 0.1) is 5.56 Å². The molecule has 0 saturated carbocycles. The van der Waals surface area contributed by atoms with E-state index in [-0.39, 0.29) is 16.7 Å². The van der Waals surface area contributed by atoms with Gasteiger partial charge in [-0.2, -0.15) is 0 Å². The van der Waals surface area contributed by atoms with E-state index in [0.717, 1.165) is 29.4 Å². The molecule has 1 aromatic rings. The van der Waals surface area contributed by atoms with E-state index in [1.54, 1.807) is 37.0 Å². The van der Waals surface area contributed by atoms with E-state index >= 15 is 0 Å². The lowest BCUT2D eigenvalue weighted by atomic mass is 10.0. The highest BCUT2D eigenvalue weighted by atomic mass is 32.2. The average molecular weight is 401 g/mol. The third-order valence-electron chi connectivity index (χ3n) is 4.57. The number of hydrogen-bond donors (Lipinski definition) is 1. The van der Waals surface area contributed by atoms with E-state index in [1.165, 1.54) is 5.57 Å². The number of amidine groups is 1. The van der Waals surface area contributed by atoms with Crippen molar-refractivity contribution in [3.05, 3.63) is 66.4 Å². The number of aliphatic imine (C=N–C) groups is 1. The van der Waals surface area contributed by atoms with Gasteiger partial charge in [-0.3, -0.25) is 9.89 Å². The van der Waals surface area contributed by atoms with Crippen LogP contribution in [-0.2, 0) is 0 Å². The standard InChI is InChI=1S/C23H32N2O2S/c1-8-12-18(6)25(20-14-11-13-19(15-20)22(26)27)23(24-7)28-21(16(4)9-2)17(5)10-3/h9-11,13-16,21H,2,6,8,12H2,1,3-5,7H3,(H,26,27)/b17-10+,24-23?. The fourth-order valence-corrected chi connectivity index (χ4v) is 4.15. The first-order valence-corrected chi connectivity index (χ1v) is 10.4. The number of carboxylic acids is 1. The van der Waals surface area contributed by atoms with Crippen LogP contribution in [0.25, 0.3) is 0 Å². The number of thioether (sulfide) groups is 1. The number of rotatable bonds is 9. The molecule has 2 unspecified atom stereocenters. The van der Waals surface area contributed by atoms with Crippen LogP contribution in [0.1, 0.15) is 50.9 Å². The van der Waals surface area contributed by atoms with Crippen molar-refractivity contribution in [2.24, 2.45) is 10.9 Å². The third kappa shape index (κ3) is 6.13. The lowest BCUT2D eigenvalue weighted by Gasteiger charge is -2.31. The van der Waals surface area contributed by atoms with Crippen LogP contribution in [0.3, 0.4) is 0 Å². The van der Waals surface area contributed by atoms with Crippen LogP contribution in [0, 0.1) is 5.92 Å². The molecule has 28 heavy (non-hydrogen) atoms. The van der Waals surface area contributed by atoms with Gasteiger partial charge in [-0.25, -0.2) is 4.79 Å². The van der Waals surface area contributed by atoms with Crippen molar-refractivity contribution >= 4 is 28.6 Å². The van der Waals surface area contributed by atoms with Gasteiger partial charge in [-0.1, -0.05) is 62.4 Å². The van der Waals surface area contributed by atoms with Crippen LogP contribution < -0.4 is 4.90 Å². The van der Waals surface area contributed by atoms with Crippen LogP contribution in [0.15, 0.2) is 65.8 Å². The second kappa shape index (κ2) is 11.5. The van der Waals surface area contributed by atoms with Crippen molar-refractivity contribution in [1.82, 2.24) is 0 Å². The minimum atomic E-state index is -0.950. The maximum Gasteiger partial charge on any atom is 0.335 e. The molecule has 0 radical (unpaired) electrons. The minimum absolute atomic E-state index is 0.181. The molecule has 0 fully saturated rings. The molecule has 0 bridgehead atoms. The van der Waals surface area contributed by atoms with Crippen LogP contribution in [0.2, 0.25) is 0 Å². The topological polar surface area (TPSA) is 52.9 Å². The van der Waals surface area contributed by atoms with Gasteiger partial charge in [0.2, 0.25) is 0 Å². The Hall–Kier alpha value is -2.27. The highest BCUT2D eigenvalue weighted by Gasteiger charge is 2.25. The first kappa shape index (κ1) is 23.8. The smallest absolute Gasteiger partial charge is 0.335 e. The summed E-state index contributed by atoms with van der Waals surface area (Å²) >= 11 is 1.65. The Morgan fingerprint density at radius 1 is 1.43 bits per heavy atom.